The number of hydrogen-bond donors (Lipinski definition) is 5. The lowest BCUT2D eigenvalue weighted by Crippen LogP contribution is -2.46. The first-order chi connectivity index (χ1) is 5.04. The molecule has 5 heteroatoms. The fourth-order valence-electron chi connectivity index (χ4n) is 0.669. The highest BCUT2D eigenvalue weighted by molar-refractivity contribution is 5.15. The average Bonchev–Trinajstić information content (AvgIpc) is 1.97. The van der Waals surface area contributed by atoms with Gasteiger partial charge in [0.25, 0.3) is 0 Å². The third-order valence-corrected chi connectivity index (χ3v) is 1.31. The molecule has 0 amide bonds. The quantitative estimate of drug-likeness (QED) is 0.294. The van der Waals surface area contributed by atoms with Crippen molar-refractivity contribution in [3.63, 3.8) is 0 Å². The SMILES string of the molecule is N=c1cc(O)c(=N)c(=N)c1=N. The molecule has 0 aliphatic carbocycles. The van der Waals surface area contributed by atoms with Crippen LogP contribution in [0.1, 0.15) is 0 Å². The molecule has 0 aromatic heterocycles. The second-order valence-corrected chi connectivity index (χ2v) is 2.07. The third-order valence-electron chi connectivity index (χ3n) is 1.31. The highest BCUT2D eigenvalue weighted by Crippen LogP contribution is 1.85. The number of nitrogens with one attached hydrogen (secondary N) is 4. The van der Waals surface area contributed by atoms with Gasteiger partial charge in [0, 0.05) is 6.07 Å². The van der Waals surface area contributed by atoms with Gasteiger partial charge >= 0.3 is 0 Å². The Kier molecular flexibility index (Phi) is 1.41. The van der Waals surface area contributed by atoms with E-state index in [1.807, 2.05) is 0 Å². The number of aromatic hydroxyl groups is 1. The summed E-state index contributed by atoms with van der Waals surface area (Å²) in [5.74, 6) is -0.420. The molecule has 1 aromatic carbocycles. The van der Waals surface area contributed by atoms with Crippen LogP contribution < -0.4 is 21.4 Å². The molecule has 1 aromatic rings. The lowest BCUT2D eigenvalue weighted by atomic mass is 10.3. The molecule has 0 aliphatic heterocycles. The van der Waals surface area contributed by atoms with Crippen LogP contribution in [0.15, 0.2) is 6.07 Å². The molecule has 0 aliphatic rings. The minimum absolute atomic E-state index is 0.233. The Labute approximate surface area is 61.0 Å². The van der Waals surface area contributed by atoms with Gasteiger partial charge in [-0.05, 0) is 0 Å². The summed E-state index contributed by atoms with van der Waals surface area (Å²) >= 11 is 0. The summed E-state index contributed by atoms with van der Waals surface area (Å²) in [5.41, 5.74) is 0. The first-order valence-electron chi connectivity index (χ1n) is 2.80. The van der Waals surface area contributed by atoms with Crippen LogP contribution in [0.4, 0.5) is 0 Å². The molecular formula is C6H6N4O. The van der Waals surface area contributed by atoms with Gasteiger partial charge in [0.15, 0.2) is 0 Å². The van der Waals surface area contributed by atoms with Crippen LogP contribution in [0.5, 0.6) is 5.75 Å². The van der Waals surface area contributed by atoms with Crippen molar-refractivity contribution in [3.8, 4) is 5.75 Å². The number of phenolic OH excluding ortho intramolecular Hbond substituents is 1. The predicted molar refractivity (Wildman–Crippen MR) is 33.9 cm³/mol. The number of benzene rings is 1. The van der Waals surface area contributed by atoms with Crippen LogP contribution in [-0.2, 0) is 0 Å². The molecule has 5 N–H and O–H groups in total. The van der Waals surface area contributed by atoms with E-state index in [1.165, 1.54) is 0 Å². The lowest BCUT2D eigenvalue weighted by Gasteiger charge is -1.88. The van der Waals surface area contributed by atoms with Crippen molar-refractivity contribution >= 4 is 0 Å². The maximum Gasteiger partial charge on any atom is 0.144 e. The van der Waals surface area contributed by atoms with Crippen LogP contribution in [0.2, 0.25) is 0 Å². The zero-order valence-electron chi connectivity index (χ0n) is 5.52. The topological polar surface area (TPSA) is 116 Å². The Morgan fingerprint density at radius 1 is 0.909 bits per heavy atom. The van der Waals surface area contributed by atoms with Crippen molar-refractivity contribution < 1.29 is 5.11 Å². The molecule has 11 heavy (non-hydrogen) atoms. The van der Waals surface area contributed by atoms with Crippen LogP contribution in [0.3, 0.4) is 0 Å². The first-order valence-corrected chi connectivity index (χ1v) is 2.80. The number of rotatable bonds is 0. The summed E-state index contributed by atoms with van der Waals surface area (Å²) in [6.07, 6.45) is 0. The smallest absolute Gasteiger partial charge is 0.144 e. The molecule has 1 rings (SSSR count). The van der Waals surface area contributed by atoms with Gasteiger partial charge in [-0.15, -0.1) is 0 Å². The summed E-state index contributed by atoms with van der Waals surface area (Å²) in [7, 11) is 0. The summed E-state index contributed by atoms with van der Waals surface area (Å²) in [4.78, 5) is 0. The molecule has 0 atom stereocenters. The first kappa shape index (κ1) is 7.33. The highest BCUT2D eigenvalue weighted by atomic mass is 16.3. The van der Waals surface area contributed by atoms with E-state index in [4.69, 9.17) is 26.7 Å². The van der Waals surface area contributed by atoms with Gasteiger partial charge in [-0.25, -0.2) is 0 Å². The van der Waals surface area contributed by atoms with Gasteiger partial charge < -0.3 is 5.11 Å². The monoisotopic (exact) mass is 150 g/mol. The Hall–Kier alpha value is -1.78. The summed E-state index contributed by atoms with van der Waals surface area (Å²) < 4.78 is 0. The molecule has 0 saturated heterocycles. The van der Waals surface area contributed by atoms with Crippen LogP contribution in [0, 0.1) is 21.6 Å². The Bertz CT molecular complexity index is 481. The van der Waals surface area contributed by atoms with Crippen molar-refractivity contribution in [2.24, 2.45) is 0 Å². The van der Waals surface area contributed by atoms with E-state index < -0.39 is 16.5 Å². The van der Waals surface area contributed by atoms with Gasteiger partial charge in [-0.3, -0.25) is 21.6 Å². The van der Waals surface area contributed by atoms with Crippen LogP contribution in [-0.4, -0.2) is 5.11 Å². The van der Waals surface area contributed by atoms with E-state index in [0.29, 0.717) is 0 Å². The number of hydrogen-bond acceptors (Lipinski definition) is 5. The second kappa shape index (κ2) is 2.12. The van der Waals surface area contributed by atoms with Crippen molar-refractivity contribution in [1.82, 2.24) is 0 Å². The maximum atomic E-state index is 8.89. The fraction of sp³-hybridized carbons (Fsp3) is 0. The Balaban J connectivity index is 4.06. The predicted octanol–water partition coefficient (Wildman–Crippen LogP) is -1.81. The number of phenols is 1. The van der Waals surface area contributed by atoms with E-state index in [1.54, 1.807) is 0 Å². The van der Waals surface area contributed by atoms with Gasteiger partial charge in [0.1, 0.15) is 21.8 Å². The van der Waals surface area contributed by atoms with Crippen molar-refractivity contribution in [1.29, 1.82) is 21.6 Å². The van der Waals surface area contributed by atoms with Crippen molar-refractivity contribution in [2.75, 3.05) is 0 Å². The summed E-state index contributed by atoms with van der Waals surface area (Å²) in [5, 5.41) is 35.8. The molecule has 56 valence electrons. The summed E-state index contributed by atoms with van der Waals surface area (Å²) in [6, 6.07) is 0.989. The van der Waals surface area contributed by atoms with Gasteiger partial charge in [0.2, 0.25) is 0 Å². The van der Waals surface area contributed by atoms with E-state index in [0.717, 1.165) is 6.07 Å². The highest BCUT2D eigenvalue weighted by Gasteiger charge is 1.96. The molecule has 0 heterocycles. The van der Waals surface area contributed by atoms with Crippen LogP contribution in [0.25, 0.3) is 0 Å². The van der Waals surface area contributed by atoms with E-state index in [-0.39, 0.29) is 10.7 Å². The molecule has 0 saturated carbocycles. The minimum atomic E-state index is -0.420. The zero-order chi connectivity index (χ0) is 8.59. The molecule has 0 unspecified atom stereocenters. The fourth-order valence-corrected chi connectivity index (χ4v) is 0.669. The normalized spacial score (nSPS) is 9.82. The molecule has 0 fully saturated rings. The zero-order valence-corrected chi connectivity index (χ0v) is 5.52. The van der Waals surface area contributed by atoms with Gasteiger partial charge in [-0.2, -0.15) is 0 Å². The van der Waals surface area contributed by atoms with Crippen molar-refractivity contribution in [2.45, 2.75) is 0 Å². The van der Waals surface area contributed by atoms with Gasteiger partial charge in [-0.1, -0.05) is 0 Å². The minimum Gasteiger partial charge on any atom is -0.506 e. The van der Waals surface area contributed by atoms with E-state index in [2.05, 4.69) is 0 Å². The average molecular weight is 150 g/mol. The molecular weight excluding hydrogens is 144 g/mol. The third kappa shape index (κ3) is 0.958. The Morgan fingerprint density at radius 3 is 2.00 bits per heavy atom. The molecule has 0 bridgehead atoms. The molecule has 0 radical (unpaired) electrons. The van der Waals surface area contributed by atoms with Gasteiger partial charge in [0.05, 0.1) is 5.36 Å². The van der Waals surface area contributed by atoms with E-state index in [9.17, 15) is 0 Å². The molecule has 0 spiro atoms. The van der Waals surface area contributed by atoms with Crippen LogP contribution >= 0.6 is 0 Å². The summed E-state index contributed by atoms with van der Waals surface area (Å²) in [6.45, 7) is 0. The second-order valence-electron chi connectivity index (χ2n) is 2.07. The largest absolute Gasteiger partial charge is 0.506 e. The maximum absolute atomic E-state index is 8.89. The Morgan fingerprint density at radius 2 is 1.45 bits per heavy atom. The van der Waals surface area contributed by atoms with E-state index >= 15 is 0 Å². The standard InChI is InChI=1S/C6H6N4O/c7-2-1-3(11)5(9)6(10)4(2)8/h1,7-11H. The molecule has 5 nitrogen and oxygen atoms in total. The van der Waals surface area contributed by atoms with Crippen molar-refractivity contribution in [3.05, 3.63) is 27.5 Å². The lowest BCUT2D eigenvalue weighted by molar-refractivity contribution is 0.463.